The first-order valence-corrected chi connectivity index (χ1v) is 9.27. The summed E-state index contributed by atoms with van der Waals surface area (Å²) in [6.07, 6.45) is 11.4. The summed E-state index contributed by atoms with van der Waals surface area (Å²) in [5, 5.41) is 10.8. The van der Waals surface area contributed by atoms with Crippen LogP contribution in [-0.2, 0) is 13.0 Å². The van der Waals surface area contributed by atoms with E-state index in [9.17, 15) is 4.79 Å². The van der Waals surface area contributed by atoms with Crippen LogP contribution in [0, 0.1) is 0 Å². The van der Waals surface area contributed by atoms with E-state index in [4.69, 9.17) is 0 Å². The van der Waals surface area contributed by atoms with Crippen molar-refractivity contribution in [2.75, 3.05) is 0 Å². The van der Waals surface area contributed by atoms with E-state index in [-0.39, 0.29) is 12.1 Å². The number of aromatic nitrogens is 3. The molecule has 2 aliphatic rings. The van der Waals surface area contributed by atoms with Gasteiger partial charge in [-0.05, 0) is 25.7 Å². The molecule has 1 aromatic rings. The predicted octanol–water partition coefficient (Wildman–Crippen LogP) is 3.09. The van der Waals surface area contributed by atoms with E-state index < -0.39 is 0 Å². The Bertz CT molecular complexity index is 519. The van der Waals surface area contributed by atoms with E-state index >= 15 is 0 Å². The van der Waals surface area contributed by atoms with Crippen molar-refractivity contribution in [3.8, 4) is 0 Å². The molecule has 0 radical (unpaired) electrons. The molecular weight excluding hydrogens is 290 g/mol. The Labute approximate surface area is 138 Å². The summed E-state index contributed by atoms with van der Waals surface area (Å²) in [6, 6.07) is 0.267. The molecule has 6 nitrogen and oxygen atoms in total. The van der Waals surface area contributed by atoms with Gasteiger partial charge in [-0.3, -0.25) is 0 Å². The van der Waals surface area contributed by atoms with Gasteiger partial charge in [0.2, 0.25) is 0 Å². The summed E-state index contributed by atoms with van der Waals surface area (Å²) in [7, 11) is 0. The average Bonchev–Trinajstić information content (AvgIpc) is 2.94. The summed E-state index contributed by atoms with van der Waals surface area (Å²) < 4.78 is 1.96. The molecule has 128 valence electrons. The van der Waals surface area contributed by atoms with Crippen LogP contribution >= 0.6 is 0 Å². The Balaban J connectivity index is 1.56. The van der Waals surface area contributed by atoms with E-state index in [0.717, 1.165) is 50.3 Å². The van der Waals surface area contributed by atoms with Crippen molar-refractivity contribution in [2.24, 2.45) is 0 Å². The number of carbonyl (C=O) groups excluding carboxylic acids is 1. The molecule has 0 unspecified atom stereocenters. The van der Waals surface area contributed by atoms with Gasteiger partial charge in [-0.15, -0.1) is 0 Å². The van der Waals surface area contributed by atoms with Crippen LogP contribution in [0.1, 0.15) is 82.4 Å². The normalized spacial score (nSPS) is 22.7. The molecule has 23 heavy (non-hydrogen) atoms. The van der Waals surface area contributed by atoms with Crippen molar-refractivity contribution in [1.29, 1.82) is 0 Å². The first kappa shape index (κ1) is 16.3. The second-order valence-corrected chi connectivity index (χ2v) is 6.82. The third-order valence-corrected chi connectivity index (χ3v) is 4.98. The number of nitrogens with one attached hydrogen (secondary N) is 2. The molecule has 1 aromatic heterocycles. The zero-order valence-corrected chi connectivity index (χ0v) is 14.2. The van der Waals surface area contributed by atoms with E-state index in [0.29, 0.717) is 6.04 Å². The summed E-state index contributed by atoms with van der Waals surface area (Å²) >= 11 is 0. The van der Waals surface area contributed by atoms with Crippen LogP contribution in [0.4, 0.5) is 4.79 Å². The van der Waals surface area contributed by atoms with Crippen LogP contribution in [0.2, 0.25) is 0 Å². The zero-order valence-electron chi connectivity index (χ0n) is 14.2. The van der Waals surface area contributed by atoms with Crippen molar-refractivity contribution < 1.29 is 4.79 Å². The first-order valence-electron chi connectivity index (χ1n) is 9.27. The third-order valence-electron chi connectivity index (χ3n) is 4.98. The van der Waals surface area contributed by atoms with Gasteiger partial charge in [0.05, 0.1) is 6.04 Å². The molecule has 1 saturated carbocycles. The number of hydrogen-bond donors (Lipinski definition) is 2. The zero-order chi connectivity index (χ0) is 16.1. The largest absolute Gasteiger partial charge is 0.335 e. The number of nitrogens with zero attached hydrogens (tertiary/aromatic N) is 3. The molecular formula is C17H29N5O. The number of hydrogen-bond acceptors (Lipinski definition) is 3. The lowest BCUT2D eigenvalue weighted by molar-refractivity contribution is 0.226. The van der Waals surface area contributed by atoms with Crippen LogP contribution in [-0.4, -0.2) is 26.8 Å². The topological polar surface area (TPSA) is 71.8 Å². The van der Waals surface area contributed by atoms with Gasteiger partial charge in [0.15, 0.2) is 5.82 Å². The molecule has 1 aliphatic carbocycles. The molecule has 1 aliphatic heterocycles. The Morgan fingerprint density at radius 2 is 1.83 bits per heavy atom. The second-order valence-electron chi connectivity index (χ2n) is 6.82. The molecule has 0 aromatic carbocycles. The fourth-order valence-corrected chi connectivity index (χ4v) is 3.67. The Kier molecular flexibility index (Phi) is 5.51. The van der Waals surface area contributed by atoms with Gasteiger partial charge >= 0.3 is 6.03 Å². The lowest BCUT2D eigenvalue weighted by Gasteiger charge is -2.26. The molecule has 2 N–H and O–H groups in total. The number of aryl methyl sites for hydroxylation is 2. The number of amides is 2. The maximum atomic E-state index is 12.4. The lowest BCUT2D eigenvalue weighted by atomic mass is 9.97. The van der Waals surface area contributed by atoms with Crippen molar-refractivity contribution in [3.05, 3.63) is 11.6 Å². The SMILES string of the molecule is CCc1nc2n(n1)CCC[C@@H]2NC(=O)NC1CCCCCCC1. The van der Waals surface area contributed by atoms with Crippen molar-refractivity contribution in [3.63, 3.8) is 0 Å². The van der Waals surface area contributed by atoms with Gasteiger partial charge in [-0.2, -0.15) is 5.10 Å². The molecule has 0 saturated heterocycles. The van der Waals surface area contributed by atoms with E-state index in [1.807, 2.05) is 4.68 Å². The number of urea groups is 1. The molecule has 1 fully saturated rings. The second kappa shape index (κ2) is 7.79. The van der Waals surface area contributed by atoms with Crippen LogP contribution in [0.3, 0.4) is 0 Å². The maximum absolute atomic E-state index is 12.4. The maximum Gasteiger partial charge on any atom is 0.315 e. The standard InChI is InChI=1S/C17H29N5O/c1-2-15-20-16-14(11-8-12-22(16)21-15)19-17(23)18-13-9-6-4-3-5-7-10-13/h13-14H,2-12H2,1H3,(H2,18,19,23)/t14-/m0/s1. The first-order chi connectivity index (χ1) is 11.3. The van der Waals surface area contributed by atoms with Crippen LogP contribution in [0.15, 0.2) is 0 Å². The monoisotopic (exact) mass is 319 g/mol. The number of fused-ring (bicyclic) bond motifs is 1. The van der Waals surface area contributed by atoms with Crippen LogP contribution in [0.25, 0.3) is 0 Å². The molecule has 0 spiro atoms. The van der Waals surface area contributed by atoms with E-state index in [2.05, 4.69) is 27.6 Å². The fourth-order valence-electron chi connectivity index (χ4n) is 3.67. The summed E-state index contributed by atoms with van der Waals surface area (Å²) in [5.41, 5.74) is 0. The highest BCUT2D eigenvalue weighted by Gasteiger charge is 2.26. The highest BCUT2D eigenvalue weighted by Crippen LogP contribution is 2.23. The number of carbonyl (C=O) groups is 1. The molecule has 3 rings (SSSR count). The Morgan fingerprint density at radius 3 is 2.57 bits per heavy atom. The van der Waals surface area contributed by atoms with Crippen molar-refractivity contribution in [1.82, 2.24) is 25.4 Å². The summed E-state index contributed by atoms with van der Waals surface area (Å²) in [5.74, 6) is 1.79. The predicted molar refractivity (Wildman–Crippen MR) is 89.1 cm³/mol. The van der Waals surface area contributed by atoms with Gasteiger partial charge in [-0.25, -0.2) is 14.5 Å². The van der Waals surface area contributed by atoms with Crippen molar-refractivity contribution >= 4 is 6.03 Å². The molecule has 1 atom stereocenters. The van der Waals surface area contributed by atoms with Gasteiger partial charge < -0.3 is 10.6 Å². The minimum absolute atomic E-state index is 0.00916. The summed E-state index contributed by atoms with van der Waals surface area (Å²) in [4.78, 5) is 17.0. The smallest absolute Gasteiger partial charge is 0.315 e. The minimum Gasteiger partial charge on any atom is -0.335 e. The molecule has 6 heteroatoms. The minimum atomic E-state index is -0.0462. The molecule has 2 amide bonds. The van der Waals surface area contributed by atoms with Crippen molar-refractivity contribution in [2.45, 2.75) is 89.8 Å². The average molecular weight is 319 g/mol. The quantitative estimate of drug-likeness (QED) is 0.899. The van der Waals surface area contributed by atoms with Gasteiger partial charge in [-0.1, -0.05) is 39.0 Å². The highest BCUT2D eigenvalue weighted by molar-refractivity contribution is 5.74. The highest BCUT2D eigenvalue weighted by atomic mass is 16.2. The lowest BCUT2D eigenvalue weighted by Crippen LogP contribution is -2.44. The Morgan fingerprint density at radius 1 is 1.09 bits per heavy atom. The molecule has 2 heterocycles. The van der Waals surface area contributed by atoms with Crippen LogP contribution in [0.5, 0.6) is 0 Å². The Hall–Kier alpha value is -1.59. The van der Waals surface area contributed by atoms with Gasteiger partial charge in [0.1, 0.15) is 5.82 Å². The summed E-state index contributed by atoms with van der Waals surface area (Å²) in [6.45, 7) is 2.97. The fraction of sp³-hybridized carbons (Fsp3) is 0.824. The third kappa shape index (κ3) is 4.24. The van der Waals surface area contributed by atoms with E-state index in [1.165, 1.54) is 32.1 Å². The van der Waals surface area contributed by atoms with Gasteiger partial charge in [0, 0.05) is 19.0 Å². The number of rotatable bonds is 3. The van der Waals surface area contributed by atoms with Gasteiger partial charge in [0.25, 0.3) is 0 Å². The van der Waals surface area contributed by atoms with Crippen LogP contribution < -0.4 is 10.6 Å². The van der Waals surface area contributed by atoms with E-state index in [1.54, 1.807) is 0 Å². The molecule has 0 bridgehead atoms.